The van der Waals surface area contributed by atoms with Gasteiger partial charge in [-0.15, -0.1) is 0 Å². The fourth-order valence-corrected chi connectivity index (χ4v) is 2.15. The van der Waals surface area contributed by atoms with E-state index < -0.39 is 0 Å². The van der Waals surface area contributed by atoms with Crippen molar-refractivity contribution >= 4 is 23.4 Å². The van der Waals surface area contributed by atoms with E-state index in [1.165, 1.54) is 11.9 Å². The SMILES string of the molecule is CCN(CC)CCN(NC(C)=O)C(=O)c1cccc(Cl)c1. The Labute approximate surface area is 130 Å². The van der Waals surface area contributed by atoms with Gasteiger partial charge in [-0.05, 0) is 31.3 Å². The molecule has 0 saturated heterocycles. The molecule has 1 aromatic carbocycles. The van der Waals surface area contributed by atoms with Crippen LogP contribution in [0.15, 0.2) is 24.3 Å². The number of halogens is 1. The first kappa shape index (κ1) is 17.5. The Morgan fingerprint density at radius 1 is 1.19 bits per heavy atom. The Hall–Kier alpha value is -1.59. The van der Waals surface area contributed by atoms with Gasteiger partial charge in [-0.25, -0.2) is 5.01 Å². The van der Waals surface area contributed by atoms with Gasteiger partial charge in [0.2, 0.25) is 5.91 Å². The molecule has 0 aliphatic heterocycles. The second-order valence-electron chi connectivity index (χ2n) is 4.66. The third-order valence-corrected chi connectivity index (χ3v) is 3.38. The molecule has 0 unspecified atom stereocenters. The van der Waals surface area contributed by atoms with E-state index in [0.717, 1.165) is 13.1 Å². The molecular weight excluding hydrogens is 290 g/mol. The average Bonchev–Trinajstić information content (AvgIpc) is 2.46. The third-order valence-electron chi connectivity index (χ3n) is 3.14. The number of hydrogen-bond donors (Lipinski definition) is 1. The van der Waals surface area contributed by atoms with Gasteiger partial charge in [0.1, 0.15) is 0 Å². The van der Waals surface area contributed by atoms with Crippen molar-refractivity contribution in [1.82, 2.24) is 15.3 Å². The summed E-state index contributed by atoms with van der Waals surface area (Å²) in [6.45, 7) is 8.42. The molecule has 0 bridgehead atoms. The molecule has 0 aliphatic rings. The van der Waals surface area contributed by atoms with Crippen LogP contribution in [0.4, 0.5) is 0 Å². The highest BCUT2D eigenvalue weighted by atomic mass is 35.5. The lowest BCUT2D eigenvalue weighted by atomic mass is 10.2. The Balaban J connectivity index is 2.81. The van der Waals surface area contributed by atoms with Gasteiger partial charge < -0.3 is 4.90 Å². The molecule has 6 heteroatoms. The van der Waals surface area contributed by atoms with Crippen molar-refractivity contribution in [2.45, 2.75) is 20.8 Å². The first-order valence-corrected chi connectivity index (χ1v) is 7.42. The molecule has 21 heavy (non-hydrogen) atoms. The Morgan fingerprint density at radius 3 is 2.38 bits per heavy atom. The van der Waals surface area contributed by atoms with Gasteiger partial charge in [0, 0.05) is 24.1 Å². The topological polar surface area (TPSA) is 52.6 Å². The molecule has 0 aromatic heterocycles. The van der Waals surface area contributed by atoms with Gasteiger partial charge in [0.15, 0.2) is 0 Å². The number of hydrazine groups is 1. The number of amides is 2. The highest BCUT2D eigenvalue weighted by Gasteiger charge is 2.17. The summed E-state index contributed by atoms with van der Waals surface area (Å²) in [5.41, 5.74) is 3.03. The van der Waals surface area contributed by atoms with Crippen LogP contribution >= 0.6 is 11.6 Å². The van der Waals surface area contributed by atoms with Gasteiger partial charge in [-0.3, -0.25) is 15.0 Å². The molecule has 0 spiro atoms. The van der Waals surface area contributed by atoms with Crippen LogP contribution < -0.4 is 5.43 Å². The second-order valence-corrected chi connectivity index (χ2v) is 5.10. The zero-order valence-corrected chi connectivity index (χ0v) is 13.5. The molecular formula is C15H22ClN3O2. The summed E-state index contributed by atoms with van der Waals surface area (Å²) in [5, 5.41) is 1.83. The predicted molar refractivity (Wildman–Crippen MR) is 84.1 cm³/mol. The first-order chi connectivity index (χ1) is 9.97. The molecule has 1 rings (SSSR count). The summed E-state index contributed by atoms with van der Waals surface area (Å²) < 4.78 is 0. The molecule has 0 saturated carbocycles. The minimum absolute atomic E-state index is 0.264. The fraction of sp³-hybridized carbons (Fsp3) is 0.467. The maximum atomic E-state index is 12.5. The Kier molecular flexibility index (Phi) is 7.19. The summed E-state index contributed by atoms with van der Waals surface area (Å²) in [6.07, 6.45) is 0. The van der Waals surface area contributed by atoms with Crippen molar-refractivity contribution in [2.24, 2.45) is 0 Å². The van der Waals surface area contributed by atoms with Crippen molar-refractivity contribution in [3.05, 3.63) is 34.9 Å². The largest absolute Gasteiger partial charge is 0.302 e. The highest BCUT2D eigenvalue weighted by molar-refractivity contribution is 6.30. The molecule has 0 radical (unpaired) electrons. The van der Waals surface area contributed by atoms with Crippen molar-refractivity contribution in [2.75, 3.05) is 26.2 Å². The third kappa shape index (κ3) is 5.73. The van der Waals surface area contributed by atoms with Crippen LogP contribution in [0.5, 0.6) is 0 Å². The minimum atomic E-state index is -0.273. The zero-order valence-electron chi connectivity index (χ0n) is 12.7. The van der Waals surface area contributed by atoms with E-state index in [2.05, 4.69) is 24.2 Å². The molecule has 116 valence electrons. The maximum absolute atomic E-state index is 12.5. The van der Waals surface area contributed by atoms with Gasteiger partial charge in [-0.2, -0.15) is 0 Å². The van der Waals surface area contributed by atoms with Gasteiger partial charge in [0.05, 0.1) is 6.54 Å². The quantitative estimate of drug-likeness (QED) is 0.819. The number of nitrogens with one attached hydrogen (secondary N) is 1. The number of carbonyl (C=O) groups excluding carboxylic acids is 2. The molecule has 1 N–H and O–H groups in total. The molecule has 5 nitrogen and oxygen atoms in total. The summed E-state index contributed by atoms with van der Waals surface area (Å²) >= 11 is 5.91. The Bertz CT molecular complexity index is 490. The minimum Gasteiger partial charge on any atom is -0.302 e. The summed E-state index contributed by atoms with van der Waals surface area (Å²) in [5.74, 6) is -0.537. The molecule has 0 heterocycles. The zero-order chi connectivity index (χ0) is 15.8. The van der Waals surface area contributed by atoms with E-state index in [-0.39, 0.29) is 11.8 Å². The smallest absolute Gasteiger partial charge is 0.272 e. The molecule has 2 amide bonds. The lowest BCUT2D eigenvalue weighted by Crippen LogP contribution is -2.48. The van der Waals surface area contributed by atoms with Crippen LogP contribution in [0.1, 0.15) is 31.1 Å². The lowest BCUT2D eigenvalue weighted by Gasteiger charge is -2.26. The van der Waals surface area contributed by atoms with Crippen molar-refractivity contribution in [3.63, 3.8) is 0 Å². The molecule has 0 fully saturated rings. The van der Waals surface area contributed by atoms with E-state index in [4.69, 9.17) is 11.6 Å². The van der Waals surface area contributed by atoms with Gasteiger partial charge in [0.25, 0.3) is 5.91 Å². The number of hydrogen-bond acceptors (Lipinski definition) is 3. The number of likely N-dealkylation sites (N-methyl/N-ethyl adjacent to an activating group) is 1. The van der Waals surface area contributed by atoms with Crippen LogP contribution in [0.3, 0.4) is 0 Å². The van der Waals surface area contributed by atoms with E-state index in [0.29, 0.717) is 23.7 Å². The van der Waals surface area contributed by atoms with E-state index in [9.17, 15) is 9.59 Å². The average molecular weight is 312 g/mol. The predicted octanol–water partition coefficient (Wildman–Crippen LogP) is 2.18. The normalized spacial score (nSPS) is 10.5. The fourth-order valence-electron chi connectivity index (χ4n) is 1.96. The number of rotatable bonds is 6. The van der Waals surface area contributed by atoms with Crippen LogP contribution in [0.2, 0.25) is 5.02 Å². The molecule has 0 atom stereocenters. The molecule has 1 aromatic rings. The van der Waals surface area contributed by atoms with Gasteiger partial charge in [-0.1, -0.05) is 31.5 Å². The highest BCUT2D eigenvalue weighted by Crippen LogP contribution is 2.12. The standard InChI is InChI=1S/C15H22ClN3O2/c1-4-18(5-2)9-10-19(17-12(3)20)15(21)13-7-6-8-14(16)11-13/h6-8,11H,4-5,9-10H2,1-3H3,(H,17,20). The summed E-state index contributed by atoms with van der Waals surface area (Å²) in [7, 11) is 0. The monoisotopic (exact) mass is 311 g/mol. The van der Waals surface area contributed by atoms with Crippen LogP contribution in [0, 0.1) is 0 Å². The second kappa shape index (κ2) is 8.64. The number of benzene rings is 1. The van der Waals surface area contributed by atoms with Crippen molar-refractivity contribution in [1.29, 1.82) is 0 Å². The number of carbonyl (C=O) groups is 2. The van der Waals surface area contributed by atoms with E-state index in [1.54, 1.807) is 24.3 Å². The summed E-state index contributed by atoms with van der Waals surface area (Å²) in [6, 6.07) is 6.69. The van der Waals surface area contributed by atoms with Crippen LogP contribution in [0.25, 0.3) is 0 Å². The van der Waals surface area contributed by atoms with Gasteiger partial charge >= 0.3 is 0 Å². The lowest BCUT2D eigenvalue weighted by molar-refractivity contribution is -0.122. The van der Waals surface area contributed by atoms with Crippen LogP contribution in [-0.4, -0.2) is 47.9 Å². The number of nitrogens with zero attached hydrogens (tertiary/aromatic N) is 2. The van der Waals surface area contributed by atoms with Crippen molar-refractivity contribution < 1.29 is 9.59 Å². The van der Waals surface area contributed by atoms with Crippen molar-refractivity contribution in [3.8, 4) is 0 Å². The first-order valence-electron chi connectivity index (χ1n) is 7.04. The van der Waals surface area contributed by atoms with E-state index in [1.807, 2.05) is 0 Å². The molecule has 0 aliphatic carbocycles. The maximum Gasteiger partial charge on any atom is 0.272 e. The summed E-state index contributed by atoms with van der Waals surface area (Å²) in [4.78, 5) is 25.9. The Morgan fingerprint density at radius 2 is 1.86 bits per heavy atom. The van der Waals surface area contributed by atoms with Crippen LogP contribution in [-0.2, 0) is 4.79 Å². The van der Waals surface area contributed by atoms with E-state index >= 15 is 0 Å².